The summed E-state index contributed by atoms with van der Waals surface area (Å²) in [5.41, 5.74) is 2.61. The highest BCUT2D eigenvalue weighted by molar-refractivity contribution is 5.24. The lowest BCUT2D eigenvalue weighted by Gasteiger charge is -2.20. The first-order valence-corrected chi connectivity index (χ1v) is 6.68. The predicted octanol–water partition coefficient (Wildman–Crippen LogP) is 2.81. The van der Waals surface area contributed by atoms with Crippen molar-refractivity contribution in [3.8, 4) is 0 Å². The van der Waals surface area contributed by atoms with E-state index in [9.17, 15) is 5.11 Å². The number of hydrogen-bond acceptors (Lipinski definition) is 2. The van der Waals surface area contributed by atoms with Crippen LogP contribution in [0.3, 0.4) is 0 Å². The molecule has 2 heteroatoms. The minimum atomic E-state index is -0.158. The molecule has 0 heterocycles. The van der Waals surface area contributed by atoms with E-state index < -0.39 is 0 Å². The quantitative estimate of drug-likeness (QED) is 0.792. The Morgan fingerprint density at radius 3 is 2.47 bits per heavy atom. The van der Waals surface area contributed by atoms with Crippen molar-refractivity contribution in [2.45, 2.75) is 45.3 Å². The fraction of sp³-hybridized carbons (Fsp3) is 0.600. The maximum Gasteiger partial charge on any atom is 0.0692 e. The molecule has 0 bridgehead atoms. The van der Waals surface area contributed by atoms with Gasteiger partial charge in [0, 0.05) is 12.6 Å². The van der Waals surface area contributed by atoms with Crippen LogP contribution in [0.15, 0.2) is 24.3 Å². The van der Waals surface area contributed by atoms with Crippen molar-refractivity contribution in [1.82, 2.24) is 5.32 Å². The second-order valence-corrected chi connectivity index (χ2v) is 5.18. The fourth-order valence-electron chi connectivity index (χ4n) is 2.21. The molecular weight excluding hydrogens is 210 g/mol. The number of aryl methyl sites for hydroxylation is 1. The summed E-state index contributed by atoms with van der Waals surface area (Å²) in [5.74, 6) is 0.554. The minimum Gasteiger partial charge on any atom is -0.392 e. The molecule has 1 aliphatic carbocycles. The molecule has 0 saturated heterocycles. The van der Waals surface area contributed by atoms with Gasteiger partial charge in [-0.2, -0.15) is 0 Å². The van der Waals surface area contributed by atoms with Crippen LogP contribution in [0.4, 0.5) is 0 Å². The molecule has 2 atom stereocenters. The Kier molecular flexibility index (Phi) is 4.19. The lowest BCUT2D eigenvalue weighted by atomic mass is 10.0. The molecule has 0 radical (unpaired) electrons. The zero-order valence-electron chi connectivity index (χ0n) is 10.8. The van der Waals surface area contributed by atoms with Gasteiger partial charge >= 0.3 is 0 Å². The normalized spacial score (nSPS) is 19.0. The Morgan fingerprint density at radius 2 is 1.94 bits per heavy atom. The molecule has 1 aromatic rings. The van der Waals surface area contributed by atoms with E-state index in [1.54, 1.807) is 0 Å². The number of nitrogens with one attached hydrogen (secondary N) is 1. The molecule has 2 nitrogen and oxygen atoms in total. The molecule has 0 amide bonds. The fourth-order valence-corrected chi connectivity index (χ4v) is 2.21. The van der Waals surface area contributed by atoms with Crippen LogP contribution in [0, 0.1) is 12.8 Å². The van der Waals surface area contributed by atoms with E-state index in [4.69, 9.17) is 0 Å². The van der Waals surface area contributed by atoms with Crippen molar-refractivity contribution < 1.29 is 5.11 Å². The van der Waals surface area contributed by atoms with E-state index in [1.807, 2.05) is 0 Å². The lowest BCUT2D eigenvalue weighted by Crippen LogP contribution is -2.31. The molecule has 1 saturated carbocycles. The van der Waals surface area contributed by atoms with Crippen LogP contribution in [0.25, 0.3) is 0 Å². The van der Waals surface area contributed by atoms with Crippen molar-refractivity contribution in [3.63, 3.8) is 0 Å². The molecule has 1 aliphatic rings. The first-order chi connectivity index (χ1) is 8.20. The predicted molar refractivity (Wildman–Crippen MR) is 70.9 cm³/mol. The van der Waals surface area contributed by atoms with E-state index in [0.29, 0.717) is 12.0 Å². The van der Waals surface area contributed by atoms with Crippen molar-refractivity contribution in [2.24, 2.45) is 5.92 Å². The minimum absolute atomic E-state index is 0.158. The Hall–Kier alpha value is -0.860. The van der Waals surface area contributed by atoms with Gasteiger partial charge < -0.3 is 10.4 Å². The highest BCUT2D eigenvalue weighted by atomic mass is 16.3. The van der Waals surface area contributed by atoms with Gasteiger partial charge in [0.05, 0.1) is 6.10 Å². The first kappa shape index (κ1) is 12.6. The van der Waals surface area contributed by atoms with Gasteiger partial charge in [-0.3, -0.25) is 0 Å². The third-order valence-corrected chi connectivity index (χ3v) is 3.63. The molecule has 2 N–H and O–H groups in total. The van der Waals surface area contributed by atoms with Gasteiger partial charge in [0.1, 0.15) is 0 Å². The summed E-state index contributed by atoms with van der Waals surface area (Å²) in [6, 6.07) is 9.03. The van der Waals surface area contributed by atoms with E-state index in [2.05, 4.69) is 43.4 Å². The van der Waals surface area contributed by atoms with Crippen molar-refractivity contribution >= 4 is 0 Å². The topological polar surface area (TPSA) is 32.3 Å². The molecule has 0 spiro atoms. The van der Waals surface area contributed by atoms with Gasteiger partial charge in [0.15, 0.2) is 0 Å². The molecular formula is C15H23NO. The van der Waals surface area contributed by atoms with Crippen LogP contribution in [-0.4, -0.2) is 17.8 Å². The number of hydrogen-bond donors (Lipinski definition) is 2. The van der Waals surface area contributed by atoms with Crippen LogP contribution in [0.5, 0.6) is 0 Å². The SMILES string of the molecule is CCC(NCC(O)C1CC1)c1ccc(C)cc1. The standard InChI is InChI=1S/C15H23NO/c1-3-14(12-6-4-11(2)5-7-12)16-10-15(17)13-8-9-13/h4-7,13-17H,3,8-10H2,1-2H3. The summed E-state index contributed by atoms with van der Waals surface area (Å²) in [6.07, 6.45) is 3.30. The Morgan fingerprint density at radius 1 is 1.29 bits per heavy atom. The highest BCUT2D eigenvalue weighted by Gasteiger charge is 2.29. The van der Waals surface area contributed by atoms with Gasteiger partial charge in [-0.05, 0) is 37.7 Å². The smallest absolute Gasteiger partial charge is 0.0692 e. The van der Waals surface area contributed by atoms with Gasteiger partial charge in [0.25, 0.3) is 0 Å². The van der Waals surface area contributed by atoms with Gasteiger partial charge in [-0.15, -0.1) is 0 Å². The monoisotopic (exact) mass is 233 g/mol. The van der Waals surface area contributed by atoms with E-state index in [1.165, 1.54) is 24.0 Å². The Labute approximate surface area is 104 Å². The molecule has 94 valence electrons. The van der Waals surface area contributed by atoms with Crippen LogP contribution in [-0.2, 0) is 0 Å². The maximum atomic E-state index is 9.86. The average Bonchev–Trinajstić information content (AvgIpc) is 3.16. The molecule has 2 unspecified atom stereocenters. The van der Waals surface area contributed by atoms with E-state index in [0.717, 1.165) is 13.0 Å². The van der Waals surface area contributed by atoms with E-state index >= 15 is 0 Å². The molecule has 1 aromatic carbocycles. The third kappa shape index (κ3) is 3.55. The number of aliphatic hydroxyl groups excluding tert-OH is 1. The average molecular weight is 233 g/mol. The summed E-state index contributed by atoms with van der Waals surface area (Å²) < 4.78 is 0. The zero-order valence-corrected chi connectivity index (χ0v) is 10.8. The van der Waals surface area contributed by atoms with Crippen LogP contribution >= 0.6 is 0 Å². The van der Waals surface area contributed by atoms with Crippen LogP contribution in [0.2, 0.25) is 0 Å². The summed E-state index contributed by atoms with van der Waals surface area (Å²) in [4.78, 5) is 0. The van der Waals surface area contributed by atoms with Gasteiger partial charge in [-0.1, -0.05) is 36.8 Å². The first-order valence-electron chi connectivity index (χ1n) is 6.68. The molecule has 0 aromatic heterocycles. The maximum absolute atomic E-state index is 9.86. The highest BCUT2D eigenvalue weighted by Crippen LogP contribution is 2.32. The molecule has 1 fully saturated rings. The van der Waals surface area contributed by atoms with Crippen LogP contribution in [0.1, 0.15) is 43.4 Å². The molecule has 2 rings (SSSR count). The number of aliphatic hydroxyl groups is 1. The van der Waals surface area contributed by atoms with Crippen molar-refractivity contribution in [1.29, 1.82) is 0 Å². The van der Waals surface area contributed by atoms with Gasteiger partial charge in [0.2, 0.25) is 0 Å². The Bertz CT molecular complexity index is 342. The lowest BCUT2D eigenvalue weighted by molar-refractivity contribution is 0.144. The zero-order chi connectivity index (χ0) is 12.3. The molecule has 17 heavy (non-hydrogen) atoms. The summed E-state index contributed by atoms with van der Waals surface area (Å²) in [5, 5.41) is 13.3. The largest absolute Gasteiger partial charge is 0.392 e. The van der Waals surface area contributed by atoms with E-state index in [-0.39, 0.29) is 6.10 Å². The molecule has 0 aliphatic heterocycles. The second-order valence-electron chi connectivity index (χ2n) is 5.18. The second kappa shape index (κ2) is 5.65. The number of rotatable bonds is 6. The Balaban J connectivity index is 1.88. The number of benzene rings is 1. The van der Waals surface area contributed by atoms with Crippen molar-refractivity contribution in [2.75, 3.05) is 6.54 Å². The summed E-state index contributed by atoms with van der Waals surface area (Å²) in [6.45, 7) is 5.01. The summed E-state index contributed by atoms with van der Waals surface area (Å²) >= 11 is 0. The summed E-state index contributed by atoms with van der Waals surface area (Å²) in [7, 11) is 0. The van der Waals surface area contributed by atoms with Crippen molar-refractivity contribution in [3.05, 3.63) is 35.4 Å². The van der Waals surface area contributed by atoms with Gasteiger partial charge in [-0.25, -0.2) is 0 Å². The third-order valence-electron chi connectivity index (χ3n) is 3.63. The van der Waals surface area contributed by atoms with Crippen LogP contribution < -0.4 is 5.32 Å².